The maximum absolute atomic E-state index is 12.7. The van der Waals surface area contributed by atoms with Gasteiger partial charge in [-0.1, -0.05) is 12.2 Å². The lowest BCUT2D eigenvalue weighted by Gasteiger charge is -2.32. The Balaban J connectivity index is 2.03. The first-order valence-electron chi connectivity index (χ1n) is 9.49. The Morgan fingerprint density at radius 2 is 1.71 bits per heavy atom. The molecule has 1 aliphatic heterocycles. The molecule has 1 aliphatic rings. The van der Waals surface area contributed by atoms with Gasteiger partial charge in [0.15, 0.2) is 23.4 Å². The normalized spacial score (nSPS) is 18.1. The van der Waals surface area contributed by atoms with E-state index in [-0.39, 0.29) is 40.0 Å². The molecule has 31 heavy (non-hydrogen) atoms. The Labute approximate surface area is 176 Å². The lowest BCUT2D eigenvalue weighted by atomic mass is 9.91. The second-order valence-corrected chi connectivity index (χ2v) is 7.38. The largest absolute Gasteiger partial charge is 0.508 e. The van der Waals surface area contributed by atoms with Gasteiger partial charge in [-0.05, 0) is 36.1 Å². The molecule has 3 aromatic rings. The minimum absolute atomic E-state index is 0.0224. The quantitative estimate of drug-likeness (QED) is 0.344. The van der Waals surface area contributed by atoms with Crippen molar-refractivity contribution in [1.82, 2.24) is 0 Å². The number of phenols is 4. The maximum Gasteiger partial charge on any atom is 0.231 e. The van der Waals surface area contributed by atoms with Crippen LogP contribution in [0.1, 0.15) is 29.7 Å². The zero-order chi connectivity index (χ0) is 22.4. The summed E-state index contributed by atoms with van der Waals surface area (Å²) in [5.41, 5.74) is 0.0294. The van der Waals surface area contributed by atoms with Crippen molar-refractivity contribution in [1.29, 1.82) is 0 Å². The highest BCUT2D eigenvalue weighted by Gasteiger charge is 2.34. The van der Waals surface area contributed by atoms with Gasteiger partial charge in [0.2, 0.25) is 5.43 Å². The third-order valence-electron chi connectivity index (χ3n) is 5.28. The van der Waals surface area contributed by atoms with E-state index in [0.29, 0.717) is 11.1 Å². The number of aliphatic hydroxyl groups is 1. The van der Waals surface area contributed by atoms with Crippen molar-refractivity contribution >= 4 is 16.8 Å². The number of hydrogen-bond donors (Lipinski definition) is 6. The highest BCUT2D eigenvalue weighted by atomic mass is 16.5. The fraction of sp³-hybridized carbons (Fsp3) is 0.174. The van der Waals surface area contributed by atoms with Crippen LogP contribution in [0.25, 0.3) is 16.8 Å². The number of aromatic hydroxyl groups is 5. The Kier molecular flexibility index (Phi) is 4.87. The molecule has 4 rings (SSSR count). The van der Waals surface area contributed by atoms with E-state index in [9.17, 15) is 35.4 Å². The lowest BCUT2D eigenvalue weighted by Crippen LogP contribution is -2.30. The van der Waals surface area contributed by atoms with Gasteiger partial charge in [0.25, 0.3) is 0 Å². The number of hydrogen-bond acceptors (Lipinski definition) is 8. The average molecular weight is 424 g/mol. The monoisotopic (exact) mass is 424 g/mol. The molecule has 8 heteroatoms. The summed E-state index contributed by atoms with van der Waals surface area (Å²) in [6, 6.07) is 6.34. The molecule has 0 amide bonds. The van der Waals surface area contributed by atoms with Crippen LogP contribution in [0.5, 0.6) is 34.5 Å². The van der Waals surface area contributed by atoms with Gasteiger partial charge >= 0.3 is 0 Å². The summed E-state index contributed by atoms with van der Waals surface area (Å²) in [4.78, 5) is 12.7. The zero-order valence-corrected chi connectivity index (χ0v) is 16.4. The van der Waals surface area contributed by atoms with Gasteiger partial charge in [-0.3, -0.25) is 4.79 Å². The zero-order valence-electron chi connectivity index (χ0n) is 16.4. The fourth-order valence-electron chi connectivity index (χ4n) is 3.89. The second kappa shape index (κ2) is 7.41. The van der Waals surface area contributed by atoms with Crippen molar-refractivity contribution in [3.05, 3.63) is 63.3 Å². The third-order valence-corrected chi connectivity index (χ3v) is 5.28. The van der Waals surface area contributed by atoms with E-state index in [1.165, 1.54) is 24.3 Å². The summed E-state index contributed by atoms with van der Waals surface area (Å²) in [5, 5.41) is 61.2. The molecular formula is C23H20O8. The molecule has 0 aliphatic carbocycles. The highest BCUT2D eigenvalue weighted by Crippen LogP contribution is 2.45. The van der Waals surface area contributed by atoms with Gasteiger partial charge in [-0.25, -0.2) is 0 Å². The van der Waals surface area contributed by atoms with Crippen molar-refractivity contribution in [3.63, 3.8) is 0 Å². The van der Waals surface area contributed by atoms with E-state index in [2.05, 4.69) is 0 Å². The second-order valence-electron chi connectivity index (χ2n) is 7.38. The molecule has 3 aromatic carbocycles. The van der Waals surface area contributed by atoms with E-state index in [0.717, 1.165) is 6.07 Å². The molecule has 0 bridgehead atoms. The summed E-state index contributed by atoms with van der Waals surface area (Å²) in [5.74, 6) is -2.30. The molecule has 6 N–H and O–H groups in total. The van der Waals surface area contributed by atoms with Crippen molar-refractivity contribution in [3.8, 4) is 34.5 Å². The smallest absolute Gasteiger partial charge is 0.231 e. The van der Waals surface area contributed by atoms with E-state index in [1.54, 1.807) is 19.1 Å². The lowest BCUT2D eigenvalue weighted by molar-refractivity contribution is 0.0205. The van der Waals surface area contributed by atoms with Gasteiger partial charge in [-0.2, -0.15) is 0 Å². The van der Waals surface area contributed by atoms with E-state index in [1.807, 2.05) is 0 Å². The van der Waals surface area contributed by atoms with Crippen LogP contribution in [0.2, 0.25) is 0 Å². The Morgan fingerprint density at radius 3 is 2.42 bits per heavy atom. The van der Waals surface area contributed by atoms with Crippen LogP contribution in [0.3, 0.4) is 0 Å². The van der Waals surface area contributed by atoms with Gasteiger partial charge in [0, 0.05) is 29.7 Å². The third kappa shape index (κ3) is 3.36. The van der Waals surface area contributed by atoms with Crippen LogP contribution in [-0.2, 0) is 6.42 Å². The molecule has 160 valence electrons. The van der Waals surface area contributed by atoms with Crippen molar-refractivity contribution < 1.29 is 35.4 Å². The SMILES string of the molecule is C/C=C/c1cc(O)c(=O)c2c(O)c(O)cc([C@H]3Oc4cc(O)cc(O)c4C[C@H]3O)c2c1. The molecule has 0 unspecified atom stereocenters. The first-order chi connectivity index (χ1) is 14.7. The van der Waals surface area contributed by atoms with E-state index in [4.69, 9.17) is 4.74 Å². The minimum Gasteiger partial charge on any atom is -0.508 e. The molecular weight excluding hydrogens is 404 g/mol. The van der Waals surface area contributed by atoms with Crippen LogP contribution in [0, 0.1) is 0 Å². The number of rotatable bonds is 2. The Morgan fingerprint density at radius 1 is 0.968 bits per heavy atom. The standard InChI is InChI=1S/C23H20O8/c1-2-3-10-4-12-13(8-17(27)22(30)20(12)21(29)16(26)5-10)23-18(28)9-14-15(25)6-11(24)7-19(14)31-23/h2-8,18,23-25,27-28,30H,9H2,1H3,(H,26,29)/b3-2+/t18-,23-/m1/s1. The molecule has 0 radical (unpaired) electrons. The van der Waals surface area contributed by atoms with Crippen LogP contribution >= 0.6 is 0 Å². The van der Waals surface area contributed by atoms with Crippen LogP contribution < -0.4 is 10.2 Å². The molecule has 0 spiro atoms. The summed E-state index contributed by atoms with van der Waals surface area (Å²) < 4.78 is 5.85. The Hall–Kier alpha value is -3.91. The van der Waals surface area contributed by atoms with E-state index < -0.39 is 34.9 Å². The number of fused-ring (bicyclic) bond motifs is 2. The number of aliphatic hydroxyl groups excluding tert-OH is 1. The van der Waals surface area contributed by atoms with Gasteiger partial charge in [0.05, 0.1) is 11.5 Å². The number of allylic oxidation sites excluding steroid dienone is 1. The van der Waals surface area contributed by atoms with Crippen LogP contribution in [0.15, 0.2) is 41.2 Å². The summed E-state index contributed by atoms with van der Waals surface area (Å²) in [6.45, 7) is 1.75. The minimum atomic E-state index is -1.19. The summed E-state index contributed by atoms with van der Waals surface area (Å²) in [7, 11) is 0. The Bertz CT molecular complexity index is 1300. The number of phenolic OH excluding ortho intramolecular Hbond substituents is 4. The van der Waals surface area contributed by atoms with Crippen molar-refractivity contribution in [2.45, 2.75) is 25.6 Å². The molecule has 2 atom stereocenters. The topological polar surface area (TPSA) is 148 Å². The predicted octanol–water partition coefficient (Wildman–Crippen LogP) is 2.80. The van der Waals surface area contributed by atoms with Gasteiger partial charge in [0.1, 0.15) is 17.2 Å². The highest BCUT2D eigenvalue weighted by molar-refractivity contribution is 5.94. The first kappa shape index (κ1) is 20.4. The molecule has 0 saturated carbocycles. The van der Waals surface area contributed by atoms with Crippen LogP contribution in [0.4, 0.5) is 0 Å². The van der Waals surface area contributed by atoms with Crippen LogP contribution in [-0.4, -0.2) is 36.7 Å². The fourth-order valence-corrected chi connectivity index (χ4v) is 3.89. The van der Waals surface area contributed by atoms with Gasteiger partial charge < -0.3 is 35.4 Å². The summed E-state index contributed by atoms with van der Waals surface area (Å²) in [6.07, 6.45) is 1.01. The first-order valence-corrected chi connectivity index (χ1v) is 9.49. The molecule has 0 saturated heterocycles. The molecule has 8 nitrogen and oxygen atoms in total. The maximum atomic E-state index is 12.7. The molecule has 0 fully saturated rings. The summed E-state index contributed by atoms with van der Waals surface area (Å²) >= 11 is 0. The van der Waals surface area contributed by atoms with Crippen molar-refractivity contribution in [2.24, 2.45) is 0 Å². The van der Waals surface area contributed by atoms with Crippen molar-refractivity contribution in [2.75, 3.05) is 0 Å². The number of benzene rings is 2. The molecule has 0 aromatic heterocycles. The number of ether oxygens (including phenoxy) is 1. The average Bonchev–Trinajstić information content (AvgIpc) is 2.82. The predicted molar refractivity (Wildman–Crippen MR) is 113 cm³/mol. The van der Waals surface area contributed by atoms with E-state index >= 15 is 0 Å². The molecule has 1 heterocycles. The van der Waals surface area contributed by atoms with Gasteiger partial charge in [-0.15, -0.1) is 0 Å².